The monoisotopic (exact) mass is 361 g/mol. The maximum Gasteiger partial charge on any atom is 1.00 e. The Labute approximate surface area is 148 Å². The van der Waals surface area contributed by atoms with E-state index in [1.165, 1.54) is 0 Å². The van der Waals surface area contributed by atoms with Gasteiger partial charge in [-0.05, 0) is 20.0 Å². The molecular formula is C9H26NNaO8P2. The van der Waals surface area contributed by atoms with Gasteiger partial charge >= 0.3 is 44.7 Å². The fraction of sp³-hybridized carbons (Fsp3) is 1.00. The van der Waals surface area contributed by atoms with Gasteiger partial charge in [-0.1, -0.05) is 19.8 Å². The van der Waals surface area contributed by atoms with Crippen molar-refractivity contribution in [2.24, 2.45) is 0 Å². The molecule has 0 radical (unpaired) electrons. The zero-order valence-corrected chi connectivity index (χ0v) is 16.4. The summed E-state index contributed by atoms with van der Waals surface area (Å²) in [6.07, 6.45) is 2.19. The second-order valence-electron chi connectivity index (χ2n) is 4.62. The van der Waals surface area contributed by atoms with Crippen LogP contribution in [0, 0.1) is 0 Å². The van der Waals surface area contributed by atoms with E-state index in [0.717, 1.165) is 19.3 Å². The maximum atomic E-state index is 11.1. The summed E-state index contributed by atoms with van der Waals surface area (Å²) in [7, 11) is -9.00. The topological polar surface area (TPSA) is 170 Å². The molecule has 7 N–H and O–H groups in total. The number of rotatable bonds is 9. The molecule has 0 aliphatic rings. The first-order chi connectivity index (χ1) is 8.45. The predicted octanol–water partition coefficient (Wildman–Crippen LogP) is -3.21. The molecule has 0 rings (SSSR count). The largest absolute Gasteiger partial charge is 1.00 e. The first-order valence-electron chi connectivity index (χ1n) is 5.98. The van der Waals surface area contributed by atoms with Crippen molar-refractivity contribution in [3.05, 3.63) is 0 Å². The SMILES string of the molecule is CCCCCN(C)CCC(O)(P(=O)(O)O)P(=O)(O)O.O.[H-].[Na+]. The minimum Gasteiger partial charge on any atom is -1.00 e. The number of nitrogens with zero attached hydrogens (tertiary/aromatic N) is 1. The number of unbranched alkanes of at least 4 members (excludes halogenated alkanes) is 2. The van der Waals surface area contributed by atoms with Crippen molar-refractivity contribution in [2.75, 3.05) is 20.1 Å². The van der Waals surface area contributed by atoms with Crippen LogP contribution in [0.5, 0.6) is 0 Å². The Balaban J connectivity index is -0.000000540. The van der Waals surface area contributed by atoms with E-state index in [9.17, 15) is 14.2 Å². The molecule has 0 amide bonds. The molecule has 12 heteroatoms. The second-order valence-corrected chi connectivity index (χ2v) is 8.63. The quantitative estimate of drug-likeness (QED) is 0.162. The molecule has 126 valence electrons. The van der Waals surface area contributed by atoms with Crippen molar-refractivity contribution in [1.29, 1.82) is 0 Å². The molecule has 0 fully saturated rings. The summed E-state index contributed by atoms with van der Waals surface area (Å²) < 4.78 is 22.2. The Morgan fingerprint density at radius 2 is 1.48 bits per heavy atom. The van der Waals surface area contributed by atoms with Crippen LogP contribution in [-0.2, 0) is 9.13 Å². The van der Waals surface area contributed by atoms with E-state index >= 15 is 0 Å². The smallest absolute Gasteiger partial charge is 1.00 e. The normalized spacial score (nSPS) is 12.8. The molecule has 0 heterocycles. The van der Waals surface area contributed by atoms with Gasteiger partial charge in [0.1, 0.15) is 0 Å². The molecule has 0 aliphatic carbocycles. The molecule has 0 saturated heterocycles. The van der Waals surface area contributed by atoms with Gasteiger partial charge in [0, 0.05) is 13.0 Å². The Kier molecular flexibility index (Phi) is 14.0. The predicted molar refractivity (Wildman–Crippen MR) is 75.4 cm³/mol. The van der Waals surface area contributed by atoms with Crippen LogP contribution in [0.2, 0.25) is 0 Å². The van der Waals surface area contributed by atoms with Crippen LogP contribution in [-0.4, -0.2) is 60.3 Å². The molecule has 21 heavy (non-hydrogen) atoms. The molecule has 0 aromatic rings. The molecule has 0 aromatic heterocycles. The Hall–Kier alpha value is 1.18. The summed E-state index contributed by atoms with van der Waals surface area (Å²) in [6, 6.07) is 0. The van der Waals surface area contributed by atoms with Crippen LogP contribution in [0.3, 0.4) is 0 Å². The zero-order chi connectivity index (χ0) is 15.3. The van der Waals surface area contributed by atoms with E-state index in [1.54, 1.807) is 11.9 Å². The van der Waals surface area contributed by atoms with Gasteiger partial charge in [0.15, 0.2) is 0 Å². The van der Waals surface area contributed by atoms with Gasteiger partial charge in [0.2, 0.25) is 0 Å². The average Bonchev–Trinajstić information content (AvgIpc) is 2.23. The summed E-state index contributed by atoms with van der Waals surface area (Å²) in [4.78, 5) is 37.5. The fourth-order valence-corrected chi connectivity index (χ4v) is 3.69. The third-order valence-corrected chi connectivity index (χ3v) is 6.78. The van der Waals surface area contributed by atoms with Crippen molar-refractivity contribution >= 4 is 15.2 Å². The van der Waals surface area contributed by atoms with Crippen LogP contribution < -0.4 is 29.6 Å². The van der Waals surface area contributed by atoms with E-state index in [-0.39, 0.29) is 43.0 Å². The summed E-state index contributed by atoms with van der Waals surface area (Å²) in [5.41, 5.74) is 0. The van der Waals surface area contributed by atoms with Crippen LogP contribution in [0.25, 0.3) is 0 Å². The number of hydrogen-bond acceptors (Lipinski definition) is 4. The Morgan fingerprint density at radius 3 is 1.81 bits per heavy atom. The van der Waals surface area contributed by atoms with Crippen molar-refractivity contribution in [2.45, 2.75) is 37.7 Å². The van der Waals surface area contributed by atoms with Crippen molar-refractivity contribution < 1.29 is 70.3 Å². The van der Waals surface area contributed by atoms with Crippen LogP contribution in [0.15, 0.2) is 0 Å². The number of aliphatic hydroxyl groups is 1. The van der Waals surface area contributed by atoms with Crippen molar-refractivity contribution in [3.8, 4) is 0 Å². The summed E-state index contributed by atoms with van der Waals surface area (Å²) >= 11 is 0. The van der Waals surface area contributed by atoms with Gasteiger partial charge in [0.05, 0.1) is 0 Å². The molecule has 0 spiro atoms. The third kappa shape index (κ3) is 8.55. The minimum absolute atomic E-state index is 0. The molecule has 0 aliphatic heterocycles. The van der Waals surface area contributed by atoms with Gasteiger partial charge in [-0.25, -0.2) is 0 Å². The van der Waals surface area contributed by atoms with Gasteiger partial charge in [-0.2, -0.15) is 0 Å². The fourth-order valence-electron chi connectivity index (χ4n) is 1.55. The summed E-state index contributed by atoms with van der Waals surface area (Å²) in [5.74, 6) is 0. The van der Waals surface area contributed by atoms with Gasteiger partial charge in [-0.3, -0.25) is 9.13 Å². The molecular weight excluding hydrogens is 335 g/mol. The first kappa shape index (κ1) is 27.0. The van der Waals surface area contributed by atoms with E-state index in [2.05, 4.69) is 0 Å². The Bertz CT molecular complexity index is 355. The Morgan fingerprint density at radius 1 is 1.05 bits per heavy atom. The van der Waals surface area contributed by atoms with Crippen LogP contribution in [0.4, 0.5) is 0 Å². The average molecular weight is 361 g/mol. The van der Waals surface area contributed by atoms with Gasteiger partial charge in [0.25, 0.3) is 5.08 Å². The van der Waals surface area contributed by atoms with Crippen LogP contribution >= 0.6 is 15.2 Å². The molecule has 0 aromatic carbocycles. The van der Waals surface area contributed by atoms with E-state index in [1.807, 2.05) is 6.92 Å². The van der Waals surface area contributed by atoms with E-state index in [4.69, 9.17) is 19.6 Å². The zero-order valence-electron chi connectivity index (χ0n) is 13.6. The van der Waals surface area contributed by atoms with Gasteiger partial charge < -0.3 is 36.5 Å². The van der Waals surface area contributed by atoms with Gasteiger partial charge in [-0.15, -0.1) is 0 Å². The summed E-state index contributed by atoms with van der Waals surface area (Å²) in [6.45, 7) is 2.64. The number of hydrogen-bond donors (Lipinski definition) is 5. The van der Waals surface area contributed by atoms with Crippen LogP contribution in [0.1, 0.15) is 34.0 Å². The first-order valence-corrected chi connectivity index (χ1v) is 9.20. The molecule has 0 atom stereocenters. The standard InChI is InChI=1S/C9H23NO7P2.Na.H2O.H/c1-3-4-5-7-10(2)8-6-9(11,18(12,13)14)19(15,16)17;;;/h11H,3-8H2,1-2H3,(H2,12,13,14)(H2,15,16,17);;1H2;/q;+1;;-1. The van der Waals surface area contributed by atoms with E-state index < -0.39 is 26.7 Å². The molecule has 0 bridgehead atoms. The summed E-state index contributed by atoms with van der Waals surface area (Å²) in [5, 5.41) is 6.35. The van der Waals surface area contributed by atoms with Crippen molar-refractivity contribution in [3.63, 3.8) is 0 Å². The molecule has 9 nitrogen and oxygen atoms in total. The second kappa shape index (κ2) is 10.9. The van der Waals surface area contributed by atoms with Crippen molar-refractivity contribution in [1.82, 2.24) is 4.90 Å². The van der Waals surface area contributed by atoms with E-state index in [0.29, 0.717) is 6.54 Å². The maximum absolute atomic E-state index is 11.1. The third-order valence-electron chi connectivity index (χ3n) is 2.91. The molecule has 0 unspecified atom stereocenters. The minimum atomic E-state index is -5.33. The molecule has 0 saturated carbocycles.